The number of thiol groups is 1. The molecule has 76 valence electrons. The van der Waals surface area contributed by atoms with E-state index in [1.807, 2.05) is 4.90 Å². The summed E-state index contributed by atoms with van der Waals surface area (Å²) in [6.45, 7) is 3.65. The Balaban J connectivity index is 2.25. The molecule has 0 bridgehead atoms. The topological polar surface area (TPSA) is 46.3 Å². The van der Waals surface area contributed by atoms with E-state index < -0.39 is 0 Å². The molecular formula is C9H18N2OS. The van der Waals surface area contributed by atoms with E-state index in [1.165, 1.54) is 0 Å². The van der Waals surface area contributed by atoms with Crippen molar-refractivity contribution in [2.24, 2.45) is 5.73 Å². The standard InChI is InChI=1S/C9H18N2OS/c1-2-7(10)3-4-11-6-8(13)5-9(11)12/h7-8,13H,2-6,10H2,1H3. The maximum absolute atomic E-state index is 11.3. The van der Waals surface area contributed by atoms with Crippen LogP contribution in [0.1, 0.15) is 26.2 Å². The van der Waals surface area contributed by atoms with Crippen LogP contribution in [0.3, 0.4) is 0 Å². The van der Waals surface area contributed by atoms with Crippen molar-refractivity contribution in [3.63, 3.8) is 0 Å². The van der Waals surface area contributed by atoms with Gasteiger partial charge in [0.2, 0.25) is 5.91 Å². The summed E-state index contributed by atoms with van der Waals surface area (Å²) in [7, 11) is 0. The van der Waals surface area contributed by atoms with Crippen LogP contribution in [0.25, 0.3) is 0 Å². The van der Waals surface area contributed by atoms with Crippen LogP contribution < -0.4 is 5.73 Å². The van der Waals surface area contributed by atoms with E-state index in [9.17, 15) is 4.79 Å². The first-order valence-electron chi connectivity index (χ1n) is 4.85. The van der Waals surface area contributed by atoms with Gasteiger partial charge >= 0.3 is 0 Å². The Bertz CT molecular complexity index is 186. The van der Waals surface area contributed by atoms with Crippen LogP contribution in [-0.2, 0) is 4.79 Å². The van der Waals surface area contributed by atoms with Crippen LogP contribution in [0.4, 0.5) is 0 Å². The first-order valence-corrected chi connectivity index (χ1v) is 5.36. The number of hydrogen-bond donors (Lipinski definition) is 2. The van der Waals surface area contributed by atoms with Gasteiger partial charge in [0.15, 0.2) is 0 Å². The third-order valence-electron chi connectivity index (χ3n) is 2.49. The van der Waals surface area contributed by atoms with Gasteiger partial charge in [0.05, 0.1) is 0 Å². The molecular weight excluding hydrogens is 184 g/mol. The average molecular weight is 202 g/mol. The number of carbonyl (C=O) groups is 1. The molecule has 3 nitrogen and oxygen atoms in total. The fourth-order valence-corrected chi connectivity index (χ4v) is 1.85. The molecule has 1 saturated heterocycles. The molecule has 2 atom stereocenters. The average Bonchev–Trinajstić information content (AvgIpc) is 2.41. The normalized spacial score (nSPS) is 25.3. The summed E-state index contributed by atoms with van der Waals surface area (Å²) in [5.41, 5.74) is 5.77. The lowest BCUT2D eigenvalue weighted by Gasteiger charge is -2.17. The van der Waals surface area contributed by atoms with Crippen molar-refractivity contribution in [1.82, 2.24) is 4.90 Å². The Morgan fingerprint density at radius 3 is 2.92 bits per heavy atom. The van der Waals surface area contributed by atoms with Gasteiger partial charge in [0.25, 0.3) is 0 Å². The monoisotopic (exact) mass is 202 g/mol. The van der Waals surface area contributed by atoms with Gasteiger partial charge in [0, 0.05) is 30.8 Å². The van der Waals surface area contributed by atoms with Gasteiger partial charge in [-0.25, -0.2) is 0 Å². The lowest BCUT2D eigenvalue weighted by atomic mass is 10.1. The minimum Gasteiger partial charge on any atom is -0.341 e. The maximum Gasteiger partial charge on any atom is 0.223 e. The molecule has 1 rings (SSSR count). The minimum atomic E-state index is 0.225. The Morgan fingerprint density at radius 1 is 1.77 bits per heavy atom. The highest BCUT2D eigenvalue weighted by Gasteiger charge is 2.26. The SMILES string of the molecule is CCC(N)CCN1CC(S)CC1=O. The fourth-order valence-electron chi connectivity index (χ4n) is 1.49. The number of nitrogens with two attached hydrogens (primary N) is 1. The number of carbonyl (C=O) groups excluding carboxylic acids is 1. The zero-order valence-corrected chi connectivity index (χ0v) is 8.96. The van der Waals surface area contributed by atoms with E-state index in [0.717, 1.165) is 25.9 Å². The van der Waals surface area contributed by atoms with Crippen LogP contribution in [0, 0.1) is 0 Å². The summed E-state index contributed by atoms with van der Waals surface area (Å²) in [6.07, 6.45) is 2.47. The molecule has 0 saturated carbocycles. The fraction of sp³-hybridized carbons (Fsp3) is 0.889. The molecule has 0 aliphatic carbocycles. The molecule has 0 radical (unpaired) electrons. The summed E-state index contributed by atoms with van der Waals surface area (Å²) in [5.74, 6) is 0.225. The Hall–Kier alpha value is -0.220. The van der Waals surface area contributed by atoms with Crippen LogP contribution in [0.2, 0.25) is 0 Å². The van der Waals surface area contributed by atoms with Crippen molar-refractivity contribution >= 4 is 18.5 Å². The summed E-state index contributed by atoms with van der Waals surface area (Å²) in [5, 5.41) is 0.227. The summed E-state index contributed by atoms with van der Waals surface area (Å²) < 4.78 is 0. The molecule has 1 amide bonds. The highest BCUT2D eigenvalue weighted by molar-refractivity contribution is 7.81. The predicted molar refractivity (Wildman–Crippen MR) is 56.9 cm³/mol. The van der Waals surface area contributed by atoms with Crippen molar-refractivity contribution in [2.75, 3.05) is 13.1 Å². The highest BCUT2D eigenvalue weighted by Crippen LogP contribution is 2.16. The molecule has 1 aliphatic rings. The molecule has 13 heavy (non-hydrogen) atoms. The van der Waals surface area contributed by atoms with E-state index in [-0.39, 0.29) is 17.2 Å². The summed E-state index contributed by atoms with van der Waals surface area (Å²) >= 11 is 4.28. The molecule has 1 aliphatic heterocycles. The van der Waals surface area contributed by atoms with Gasteiger partial charge in [0.1, 0.15) is 0 Å². The van der Waals surface area contributed by atoms with E-state index in [4.69, 9.17) is 5.73 Å². The smallest absolute Gasteiger partial charge is 0.223 e. The minimum absolute atomic E-state index is 0.225. The third kappa shape index (κ3) is 3.19. The van der Waals surface area contributed by atoms with Crippen molar-refractivity contribution in [3.8, 4) is 0 Å². The van der Waals surface area contributed by atoms with Crippen molar-refractivity contribution < 1.29 is 4.79 Å². The van der Waals surface area contributed by atoms with E-state index in [0.29, 0.717) is 6.42 Å². The van der Waals surface area contributed by atoms with E-state index in [2.05, 4.69) is 19.6 Å². The molecule has 0 aromatic rings. The van der Waals surface area contributed by atoms with Crippen LogP contribution in [-0.4, -0.2) is 35.2 Å². The summed E-state index contributed by atoms with van der Waals surface area (Å²) in [6, 6.07) is 0.228. The molecule has 4 heteroatoms. The number of hydrogen-bond acceptors (Lipinski definition) is 3. The van der Waals surface area contributed by atoms with Crippen LogP contribution >= 0.6 is 12.6 Å². The molecule has 1 heterocycles. The second kappa shape index (κ2) is 4.86. The summed E-state index contributed by atoms with van der Waals surface area (Å²) in [4.78, 5) is 13.2. The van der Waals surface area contributed by atoms with Gasteiger partial charge in [-0.3, -0.25) is 4.79 Å². The van der Waals surface area contributed by atoms with E-state index >= 15 is 0 Å². The second-order valence-corrected chi connectivity index (χ2v) is 4.39. The maximum atomic E-state index is 11.3. The first-order chi connectivity index (χ1) is 6.13. The van der Waals surface area contributed by atoms with Gasteiger partial charge in [-0.2, -0.15) is 12.6 Å². The van der Waals surface area contributed by atoms with Gasteiger partial charge < -0.3 is 10.6 Å². The van der Waals surface area contributed by atoms with Crippen molar-refractivity contribution in [1.29, 1.82) is 0 Å². The molecule has 0 aromatic heterocycles. The zero-order chi connectivity index (χ0) is 9.84. The van der Waals surface area contributed by atoms with E-state index in [1.54, 1.807) is 0 Å². The zero-order valence-electron chi connectivity index (χ0n) is 8.07. The Morgan fingerprint density at radius 2 is 2.46 bits per heavy atom. The molecule has 2 N–H and O–H groups in total. The first kappa shape index (κ1) is 10.9. The quantitative estimate of drug-likeness (QED) is 0.657. The molecule has 0 spiro atoms. The van der Waals surface area contributed by atoms with Crippen LogP contribution in [0.5, 0.6) is 0 Å². The lowest BCUT2D eigenvalue weighted by Crippen LogP contribution is -2.31. The number of rotatable bonds is 4. The van der Waals surface area contributed by atoms with Gasteiger partial charge in [-0.15, -0.1) is 0 Å². The Labute approximate surface area is 85.1 Å². The van der Waals surface area contributed by atoms with Gasteiger partial charge in [-0.1, -0.05) is 6.92 Å². The Kier molecular flexibility index (Phi) is 4.06. The number of nitrogens with zero attached hydrogens (tertiary/aromatic N) is 1. The second-order valence-electron chi connectivity index (χ2n) is 3.65. The van der Waals surface area contributed by atoms with Gasteiger partial charge in [-0.05, 0) is 12.8 Å². The predicted octanol–water partition coefficient (Wildman–Crippen LogP) is 0.644. The largest absolute Gasteiger partial charge is 0.341 e. The molecule has 0 aromatic carbocycles. The van der Waals surface area contributed by atoms with Crippen molar-refractivity contribution in [2.45, 2.75) is 37.5 Å². The molecule has 1 fully saturated rings. The lowest BCUT2D eigenvalue weighted by molar-refractivity contribution is -0.127. The van der Waals surface area contributed by atoms with Crippen molar-refractivity contribution in [3.05, 3.63) is 0 Å². The highest BCUT2D eigenvalue weighted by atomic mass is 32.1. The third-order valence-corrected chi connectivity index (χ3v) is 2.83. The number of likely N-dealkylation sites (tertiary alicyclic amines) is 1. The number of amides is 1. The van der Waals surface area contributed by atoms with Crippen LogP contribution in [0.15, 0.2) is 0 Å². The molecule has 2 unspecified atom stereocenters.